The molecule has 0 aliphatic carbocycles. The van der Waals surface area contributed by atoms with E-state index in [4.69, 9.17) is 0 Å². The Morgan fingerprint density at radius 1 is 1.10 bits per heavy atom. The molecule has 108 valence electrons. The number of benzene rings is 1. The summed E-state index contributed by atoms with van der Waals surface area (Å²) in [6.07, 6.45) is 2.57. The van der Waals surface area contributed by atoms with Crippen molar-refractivity contribution < 1.29 is 9.59 Å². The van der Waals surface area contributed by atoms with E-state index in [-0.39, 0.29) is 11.8 Å². The maximum absolute atomic E-state index is 11.9. The molecule has 0 atom stereocenters. The molecule has 2 amide bonds. The van der Waals surface area contributed by atoms with Crippen LogP contribution < -0.4 is 10.6 Å². The number of amides is 2. The van der Waals surface area contributed by atoms with E-state index in [0.29, 0.717) is 30.1 Å². The van der Waals surface area contributed by atoms with Crippen LogP contribution >= 0.6 is 0 Å². The Morgan fingerprint density at radius 3 is 2.05 bits per heavy atom. The van der Waals surface area contributed by atoms with Gasteiger partial charge >= 0.3 is 0 Å². The third-order valence-corrected chi connectivity index (χ3v) is 2.82. The van der Waals surface area contributed by atoms with Crippen LogP contribution in [0.5, 0.6) is 0 Å². The van der Waals surface area contributed by atoms with Gasteiger partial charge in [-0.1, -0.05) is 19.9 Å². The zero-order valence-corrected chi connectivity index (χ0v) is 12.1. The van der Waals surface area contributed by atoms with Gasteiger partial charge in [-0.05, 0) is 36.6 Å². The van der Waals surface area contributed by atoms with Crippen molar-refractivity contribution in [2.45, 2.75) is 20.3 Å². The second-order valence-corrected chi connectivity index (χ2v) is 5.01. The predicted molar refractivity (Wildman–Crippen MR) is 80.8 cm³/mol. The summed E-state index contributed by atoms with van der Waals surface area (Å²) in [5.41, 5.74) is 1.10. The SMILES string of the molecule is C=CCNC(=O)c1ccc(C(=O)NCCC(C)C)cc1. The third kappa shape index (κ3) is 5.26. The fraction of sp³-hybridized carbons (Fsp3) is 0.375. The number of carbonyl (C=O) groups excluding carboxylic acids is 2. The van der Waals surface area contributed by atoms with Crippen molar-refractivity contribution >= 4 is 11.8 Å². The number of carbonyl (C=O) groups is 2. The average molecular weight is 274 g/mol. The molecule has 0 unspecified atom stereocenters. The molecule has 1 rings (SSSR count). The highest BCUT2D eigenvalue weighted by Gasteiger charge is 2.08. The van der Waals surface area contributed by atoms with Crippen LogP contribution in [-0.4, -0.2) is 24.9 Å². The summed E-state index contributed by atoms with van der Waals surface area (Å²) in [5, 5.41) is 5.55. The van der Waals surface area contributed by atoms with Crippen molar-refractivity contribution in [2.24, 2.45) is 5.92 Å². The summed E-state index contributed by atoms with van der Waals surface area (Å²) >= 11 is 0. The predicted octanol–water partition coefficient (Wildman–Crippen LogP) is 2.38. The zero-order chi connectivity index (χ0) is 15.0. The molecular formula is C16H22N2O2. The van der Waals surface area contributed by atoms with Gasteiger partial charge in [-0.2, -0.15) is 0 Å². The maximum Gasteiger partial charge on any atom is 0.251 e. The van der Waals surface area contributed by atoms with Crippen LogP contribution in [0.2, 0.25) is 0 Å². The summed E-state index contributed by atoms with van der Waals surface area (Å²) in [5.74, 6) is 0.284. The van der Waals surface area contributed by atoms with Gasteiger partial charge in [-0.15, -0.1) is 6.58 Å². The lowest BCUT2D eigenvalue weighted by atomic mass is 10.1. The highest BCUT2D eigenvalue weighted by atomic mass is 16.2. The minimum absolute atomic E-state index is 0.108. The molecule has 0 bridgehead atoms. The topological polar surface area (TPSA) is 58.2 Å². The van der Waals surface area contributed by atoms with Crippen molar-refractivity contribution in [3.05, 3.63) is 48.0 Å². The molecule has 0 aliphatic rings. The first-order valence-corrected chi connectivity index (χ1v) is 6.82. The van der Waals surface area contributed by atoms with Crippen LogP contribution in [0, 0.1) is 5.92 Å². The van der Waals surface area contributed by atoms with Crippen molar-refractivity contribution in [1.29, 1.82) is 0 Å². The van der Waals surface area contributed by atoms with E-state index in [1.165, 1.54) is 0 Å². The van der Waals surface area contributed by atoms with Gasteiger partial charge in [0.1, 0.15) is 0 Å². The second kappa shape index (κ2) is 8.15. The Kier molecular flexibility index (Phi) is 6.50. The Morgan fingerprint density at radius 2 is 1.60 bits per heavy atom. The minimum atomic E-state index is -0.170. The highest BCUT2D eigenvalue weighted by Crippen LogP contribution is 2.05. The molecular weight excluding hydrogens is 252 g/mol. The molecule has 4 nitrogen and oxygen atoms in total. The molecule has 20 heavy (non-hydrogen) atoms. The van der Waals surface area contributed by atoms with E-state index in [1.807, 2.05) is 0 Å². The molecule has 0 aliphatic heterocycles. The fourth-order valence-electron chi connectivity index (χ4n) is 1.62. The summed E-state index contributed by atoms with van der Waals surface area (Å²) in [6, 6.07) is 6.62. The summed E-state index contributed by atoms with van der Waals surface area (Å²) in [4.78, 5) is 23.5. The zero-order valence-electron chi connectivity index (χ0n) is 12.1. The van der Waals surface area contributed by atoms with Crippen molar-refractivity contribution in [2.75, 3.05) is 13.1 Å². The molecule has 0 radical (unpaired) electrons. The molecule has 2 N–H and O–H groups in total. The first kappa shape index (κ1) is 16.0. The number of rotatable bonds is 7. The fourth-order valence-corrected chi connectivity index (χ4v) is 1.62. The van der Waals surface area contributed by atoms with Crippen LogP contribution in [-0.2, 0) is 0 Å². The molecule has 1 aromatic rings. The largest absolute Gasteiger partial charge is 0.352 e. The lowest BCUT2D eigenvalue weighted by Crippen LogP contribution is -2.26. The van der Waals surface area contributed by atoms with E-state index in [1.54, 1.807) is 30.3 Å². The Bertz CT molecular complexity index is 464. The normalized spacial score (nSPS) is 10.2. The van der Waals surface area contributed by atoms with Gasteiger partial charge < -0.3 is 10.6 Å². The van der Waals surface area contributed by atoms with Gasteiger partial charge in [-0.25, -0.2) is 0 Å². The Labute approximate surface area is 120 Å². The quantitative estimate of drug-likeness (QED) is 0.750. The van der Waals surface area contributed by atoms with Crippen LogP contribution in [0.25, 0.3) is 0 Å². The number of nitrogens with one attached hydrogen (secondary N) is 2. The van der Waals surface area contributed by atoms with E-state index in [0.717, 1.165) is 6.42 Å². The van der Waals surface area contributed by atoms with Gasteiger partial charge in [0.05, 0.1) is 0 Å². The summed E-state index contributed by atoms with van der Waals surface area (Å²) in [7, 11) is 0. The van der Waals surface area contributed by atoms with Crippen LogP contribution in [0.15, 0.2) is 36.9 Å². The summed E-state index contributed by atoms with van der Waals surface area (Å²) in [6.45, 7) is 8.86. The number of hydrogen-bond donors (Lipinski definition) is 2. The van der Waals surface area contributed by atoms with Gasteiger partial charge in [0.25, 0.3) is 11.8 Å². The standard InChI is InChI=1S/C16H22N2O2/c1-4-10-17-15(19)13-5-7-14(8-6-13)16(20)18-11-9-12(2)3/h4-8,12H,1,9-11H2,2-3H3,(H,17,19)(H,18,20). The monoisotopic (exact) mass is 274 g/mol. The smallest absolute Gasteiger partial charge is 0.251 e. The molecule has 1 aromatic carbocycles. The summed E-state index contributed by atoms with van der Waals surface area (Å²) < 4.78 is 0. The molecule has 4 heteroatoms. The molecule has 0 saturated heterocycles. The van der Waals surface area contributed by atoms with E-state index < -0.39 is 0 Å². The third-order valence-electron chi connectivity index (χ3n) is 2.82. The minimum Gasteiger partial charge on any atom is -0.352 e. The van der Waals surface area contributed by atoms with Crippen molar-refractivity contribution in [1.82, 2.24) is 10.6 Å². The molecule has 0 heterocycles. The van der Waals surface area contributed by atoms with Gasteiger partial charge in [-0.3, -0.25) is 9.59 Å². The highest BCUT2D eigenvalue weighted by molar-refractivity contribution is 5.97. The van der Waals surface area contributed by atoms with Crippen LogP contribution in [0.1, 0.15) is 41.0 Å². The first-order valence-electron chi connectivity index (χ1n) is 6.82. The Hall–Kier alpha value is -2.10. The van der Waals surface area contributed by atoms with Crippen molar-refractivity contribution in [3.8, 4) is 0 Å². The van der Waals surface area contributed by atoms with Crippen LogP contribution in [0.3, 0.4) is 0 Å². The molecule has 0 saturated carbocycles. The van der Waals surface area contributed by atoms with E-state index in [9.17, 15) is 9.59 Å². The van der Waals surface area contributed by atoms with Crippen LogP contribution in [0.4, 0.5) is 0 Å². The Balaban J connectivity index is 2.55. The van der Waals surface area contributed by atoms with Crippen molar-refractivity contribution in [3.63, 3.8) is 0 Å². The second-order valence-electron chi connectivity index (χ2n) is 5.01. The molecule has 0 fully saturated rings. The first-order chi connectivity index (χ1) is 9.54. The maximum atomic E-state index is 11.9. The van der Waals surface area contributed by atoms with Gasteiger partial charge in [0, 0.05) is 24.2 Å². The molecule has 0 spiro atoms. The number of hydrogen-bond acceptors (Lipinski definition) is 2. The van der Waals surface area contributed by atoms with E-state index >= 15 is 0 Å². The van der Waals surface area contributed by atoms with Gasteiger partial charge in [0.15, 0.2) is 0 Å². The van der Waals surface area contributed by atoms with E-state index in [2.05, 4.69) is 31.1 Å². The lowest BCUT2D eigenvalue weighted by molar-refractivity contribution is 0.0942. The van der Waals surface area contributed by atoms with Gasteiger partial charge in [0.2, 0.25) is 0 Å². The lowest BCUT2D eigenvalue weighted by Gasteiger charge is -2.08. The molecule has 0 aromatic heterocycles. The average Bonchev–Trinajstić information content (AvgIpc) is 2.44.